The molecule has 4 heteroatoms. The number of carbonyl (C=O) groups excluding carboxylic acids is 1. The molecule has 1 aliphatic carbocycles. The third-order valence-corrected chi connectivity index (χ3v) is 4.34. The van der Waals surface area contributed by atoms with E-state index in [-0.39, 0.29) is 24.5 Å². The molecule has 18 heavy (non-hydrogen) atoms. The lowest BCUT2D eigenvalue weighted by Crippen LogP contribution is -2.44. The summed E-state index contributed by atoms with van der Waals surface area (Å²) in [5, 5.41) is 12.4. The Bertz CT molecular complexity index is 265. The van der Waals surface area contributed by atoms with Gasteiger partial charge in [0.1, 0.15) is 0 Å². The molecule has 2 unspecified atom stereocenters. The first-order chi connectivity index (χ1) is 8.79. The number of rotatable bonds is 5. The molecule has 4 nitrogen and oxygen atoms in total. The molecule has 0 aromatic carbocycles. The zero-order valence-corrected chi connectivity index (χ0v) is 11.2. The molecule has 104 valence electrons. The normalized spacial score (nSPS) is 29.4. The second kappa shape index (κ2) is 7.10. The van der Waals surface area contributed by atoms with E-state index < -0.39 is 0 Å². The maximum atomic E-state index is 11.9. The van der Waals surface area contributed by atoms with Gasteiger partial charge in [-0.25, -0.2) is 0 Å². The SMILES string of the molecule is O=C(CCN1CCCC1)NC1CCCCC1CO. The van der Waals surface area contributed by atoms with Crippen LogP contribution in [-0.4, -0.2) is 48.2 Å². The summed E-state index contributed by atoms with van der Waals surface area (Å²) in [7, 11) is 0. The van der Waals surface area contributed by atoms with Gasteiger partial charge >= 0.3 is 0 Å². The molecule has 0 aromatic rings. The lowest BCUT2D eigenvalue weighted by Gasteiger charge is -2.31. The fraction of sp³-hybridized carbons (Fsp3) is 0.929. The molecule has 2 atom stereocenters. The summed E-state index contributed by atoms with van der Waals surface area (Å²) in [6.07, 6.45) is 7.59. The van der Waals surface area contributed by atoms with Gasteiger partial charge in [0.2, 0.25) is 5.91 Å². The van der Waals surface area contributed by atoms with Gasteiger partial charge in [-0.2, -0.15) is 0 Å². The van der Waals surface area contributed by atoms with Crippen LogP contribution < -0.4 is 5.32 Å². The van der Waals surface area contributed by atoms with E-state index in [1.165, 1.54) is 25.7 Å². The molecule has 1 aliphatic heterocycles. The molecular formula is C14H26N2O2. The van der Waals surface area contributed by atoms with E-state index in [9.17, 15) is 9.90 Å². The van der Waals surface area contributed by atoms with Crippen molar-refractivity contribution in [1.82, 2.24) is 10.2 Å². The van der Waals surface area contributed by atoms with E-state index in [2.05, 4.69) is 10.2 Å². The van der Waals surface area contributed by atoms with E-state index in [0.29, 0.717) is 6.42 Å². The standard InChI is InChI=1S/C14H26N2O2/c17-11-12-5-1-2-6-13(12)15-14(18)7-10-16-8-3-4-9-16/h12-13,17H,1-11H2,(H,15,18). The lowest BCUT2D eigenvalue weighted by atomic mass is 9.85. The Kier molecular flexibility index (Phi) is 5.45. The number of hydrogen-bond acceptors (Lipinski definition) is 3. The minimum atomic E-state index is 0.159. The van der Waals surface area contributed by atoms with Crippen LogP contribution in [0.3, 0.4) is 0 Å². The molecule has 2 N–H and O–H groups in total. The average Bonchev–Trinajstić information content (AvgIpc) is 2.90. The first kappa shape index (κ1) is 13.8. The van der Waals surface area contributed by atoms with Crippen LogP contribution in [0.1, 0.15) is 44.9 Å². The monoisotopic (exact) mass is 254 g/mol. The first-order valence-corrected chi connectivity index (χ1v) is 7.42. The maximum Gasteiger partial charge on any atom is 0.221 e. The molecular weight excluding hydrogens is 228 g/mol. The van der Waals surface area contributed by atoms with Gasteiger partial charge in [-0.15, -0.1) is 0 Å². The number of aliphatic hydroxyl groups is 1. The van der Waals surface area contributed by atoms with Crippen LogP contribution in [0.2, 0.25) is 0 Å². The zero-order chi connectivity index (χ0) is 12.8. The number of aliphatic hydroxyl groups excluding tert-OH is 1. The van der Waals surface area contributed by atoms with Crippen molar-refractivity contribution in [2.45, 2.75) is 51.0 Å². The fourth-order valence-electron chi connectivity index (χ4n) is 3.16. The molecule has 2 rings (SSSR count). The molecule has 1 amide bonds. The predicted octanol–water partition coefficient (Wildman–Crippen LogP) is 1.14. The summed E-state index contributed by atoms with van der Waals surface area (Å²) in [4.78, 5) is 14.3. The molecule has 0 bridgehead atoms. The minimum absolute atomic E-state index is 0.159. The summed E-state index contributed by atoms with van der Waals surface area (Å²) in [6, 6.07) is 0.204. The number of hydrogen-bond donors (Lipinski definition) is 2. The highest BCUT2D eigenvalue weighted by Gasteiger charge is 2.25. The van der Waals surface area contributed by atoms with Crippen molar-refractivity contribution in [1.29, 1.82) is 0 Å². The van der Waals surface area contributed by atoms with Crippen LogP contribution in [0.25, 0.3) is 0 Å². The van der Waals surface area contributed by atoms with Gasteiger partial charge in [0.15, 0.2) is 0 Å². The van der Waals surface area contributed by atoms with Gasteiger partial charge in [-0.1, -0.05) is 12.8 Å². The number of nitrogens with one attached hydrogen (secondary N) is 1. The summed E-state index contributed by atoms with van der Waals surface area (Å²) in [5.41, 5.74) is 0. The van der Waals surface area contributed by atoms with Crippen LogP contribution in [0.5, 0.6) is 0 Å². The molecule has 2 fully saturated rings. The Hall–Kier alpha value is -0.610. The van der Waals surface area contributed by atoms with E-state index in [1.54, 1.807) is 0 Å². The van der Waals surface area contributed by atoms with Crippen LogP contribution in [0.15, 0.2) is 0 Å². The number of carbonyl (C=O) groups is 1. The van der Waals surface area contributed by atoms with Crippen molar-refractivity contribution in [2.24, 2.45) is 5.92 Å². The molecule has 1 saturated heterocycles. The smallest absolute Gasteiger partial charge is 0.221 e. The molecule has 2 aliphatic rings. The summed E-state index contributed by atoms with van der Waals surface area (Å²) in [6.45, 7) is 3.39. The topological polar surface area (TPSA) is 52.6 Å². The Morgan fingerprint density at radius 2 is 1.89 bits per heavy atom. The highest BCUT2D eigenvalue weighted by Crippen LogP contribution is 2.24. The summed E-state index contributed by atoms with van der Waals surface area (Å²) in [5.74, 6) is 0.432. The largest absolute Gasteiger partial charge is 0.396 e. The van der Waals surface area contributed by atoms with Gasteiger partial charge < -0.3 is 15.3 Å². The molecule has 1 saturated carbocycles. The van der Waals surface area contributed by atoms with Gasteiger partial charge in [0.25, 0.3) is 0 Å². The van der Waals surface area contributed by atoms with Crippen molar-refractivity contribution in [3.05, 3.63) is 0 Å². The van der Waals surface area contributed by atoms with Gasteiger partial charge in [-0.3, -0.25) is 4.79 Å². The zero-order valence-electron chi connectivity index (χ0n) is 11.2. The minimum Gasteiger partial charge on any atom is -0.396 e. The number of amides is 1. The van der Waals surface area contributed by atoms with Crippen molar-refractivity contribution >= 4 is 5.91 Å². The highest BCUT2D eigenvalue weighted by molar-refractivity contribution is 5.76. The number of nitrogens with zero attached hydrogens (tertiary/aromatic N) is 1. The molecule has 1 heterocycles. The second-order valence-corrected chi connectivity index (χ2v) is 5.70. The van der Waals surface area contributed by atoms with Crippen molar-refractivity contribution in [2.75, 3.05) is 26.2 Å². The Balaban J connectivity index is 1.68. The van der Waals surface area contributed by atoms with Crippen molar-refractivity contribution < 1.29 is 9.90 Å². The molecule has 0 radical (unpaired) electrons. The second-order valence-electron chi connectivity index (χ2n) is 5.70. The summed E-state index contributed by atoms with van der Waals surface area (Å²) >= 11 is 0. The van der Waals surface area contributed by atoms with E-state index in [4.69, 9.17) is 0 Å². The van der Waals surface area contributed by atoms with Gasteiger partial charge in [0.05, 0.1) is 0 Å². The van der Waals surface area contributed by atoms with Crippen LogP contribution in [0, 0.1) is 5.92 Å². The lowest BCUT2D eigenvalue weighted by molar-refractivity contribution is -0.122. The van der Waals surface area contributed by atoms with Crippen LogP contribution >= 0.6 is 0 Å². The van der Waals surface area contributed by atoms with Gasteiger partial charge in [0, 0.05) is 31.5 Å². The third-order valence-electron chi connectivity index (χ3n) is 4.34. The molecule has 0 spiro atoms. The van der Waals surface area contributed by atoms with Crippen LogP contribution in [-0.2, 0) is 4.79 Å². The summed E-state index contributed by atoms with van der Waals surface area (Å²) < 4.78 is 0. The fourth-order valence-corrected chi connectivity index (χ4v) is 3.16. The van der Waals surface area contributed by atoms with Crippen molar-refractivity contribution in [3.63, 3.8) is 0 Å². The predicted molar refractivity (Wildman–Crippen MR) is 71.3 cm³/mol. The highest BCUT2D eigenvalue weighted by atomic mass is 16.3. The van der Waals surface area contributed by atoms with E-state index >= 15 is 0 Å². The Morgan fingerprint density at radius 3 is 2.61 bits per heavy atom. The van der Waals surface area contributed by atoms with E-state index in [1.807, 2.05) is 0 Å². The molecule has 0 aromatic heterocycles. The van der Waals surface area contributed by atoms with Crippen molar-refractivity contribution in [3.8, 4) is 0 Å². The first-order valence-electron chi connectivity index (χ1n) is 7.42. The number of likely N-dealkylation sites (tertiary alicyclic amines) is 1. The Morgan fingerprint density at radius 1 is 1.17 bits per heavy atom. The third kappa shape index (κ3) is 3.95. The van der Waals surface area contributed by atoms with Gasteiger partial charge in [-0.05, 0) is 38.8 Å². The maximum absolute atomic E-state index is 11.9. The Labute approximate surface area is 110 Å². The average molecular weight is 254 g/mol. The van der Waals surface area contributed by atoms with Crippen LogP contribution in [0.4, 0.5) is 0 Å². The van der Waals surface area contributed by atoms with E-state index in [0.717, 1.165) is 32.5 Å². The quantitative estimate of drug-likeness (QED) is 0.773.